The molecule has 0 amide bonds. The van der Waals surface area contributed by atoms with E-state index in [1.807, 2.05) is 0 Å². The number of rotatable bonds is 9. The van der Waals surface area contributed by atoms with Crippen molar-refractivity contribution in [1.82, 2.24) is 5.32 Å². The van der Waals surface area contributed by atoms with Crippen LogP contribution in [0.3, 0.4) is 0 Å². The van der Waals surface area contributed by atoms with Crippen molar-refractivity contribution in [3.05, 3.63) is 12.7 Å². The second-order valence-electron chi connectivity index (χ2n) is 3.23. The molecule has 0 bridgehead atoms. The molecule has 0 rings (SSSR count). The van der Waals surface area contributed by atoms with Gasteiger partial charge in [-0.25, -0.2) is 4.79 Å². The smallest absolute Gasteiger partial charge is 0.331 e. The quantitative estimate of drug-likeness (QED) is 0.268. The topological polar surface area (TPSA) is 38.3 Å². The highest BCUT2D eigenvalue weighted by Crippen LogP contribution is 2.00. The SMILES string of the molecule is C=CC(=O)OCNCCCCCCC. The molecule has 0 aromatic rings. The third kappa shape index (κ3) is 9.26. The summed E-state index contributed by atoms with van der Waals surface area (Å²) in [5.74, 6) is -0.372. The number of hydrogen-bond donors (Lipinski definition) is 1. The number of ether oxygens (including phenoxy) is 1. The zero-order valence-electron chi connectivity index (χ0n) is 9.05. The molecule has 0 atom stereocenters. The molecule has 0 aromatic heterocycles. The molecule has 1 N–H and O–H groups in total. The average molecular weight is 199 g/mol. The Morgan fingerprint density at radius 1 is 1.36 bits per heavy atom. The zero-order chi connectivity index (χ0) is 10.6. The first kappa shape index (κ1) is 13.2. The highest BCUT2D eigenvalue weighted by atomic mass is 16.5. The van der Waals surface area contributed by atoms with Gasteiger partial charge < -0.3 is 4.74 Å². The average Bonchev–Trinajstić information content (AvgIpc) is 2.21. The summed E-state index contributed by atoms with van der Waals surface area (Å²) in [6, 6.07) is 0. The number of hydrogen-bond acceptors (Lipinski definition) is 3. The van der Waals surface area contributed by atoms with Crippen LogP contribution in [0, 0.1) is 0 Å². The molecule has 0 aliphatic carbocycles. The van der Waals surface area contributed by atoms with Gasteiger partial charge in [0.25, 0.3) is 0 Å². The van der Waals surface area contributed by atoms with E-state index in [2.05, 4.69) is 18.8 Å². The summed E-state index contributed by atoms with van der Waals surface area (Å²) in [7, 11) is 0. The van der Waals surface area contributed by atoms with Crippen LogP contribution in [-0.4, -0.2) is 19.2 Å². The molecule has 0 unspecified atom stereocenters. The molecule has 14 heavy (non-hydrogen) atoms. The Hall–Kier alpha value is -0.830. The fourth-order valence-electron chi connectivity index (χ4n) is 1.11. The lowest BCUT2D eigenvalue weighted by Gasteiger charge is -2.04. The van der Waals surface area contributed by atoms with Crippen molar-refractivity contribution >= 4 is 5.97 Å². The van der Waals surface area contributed by atoms with Crippen molar-refractivity contribution in [1.29, 1.82) is 0 Å². The number of carbonyl (C=O) groups excluding carboxylic acids is 1. The zero-order valence-corrected chi connectivity index (χ0v) is 9.05. The summed E-state index contributed by atoms with van der Waals surface area (Å²) >= 11 is 0. The van der Waals surface area contributed by atoms with Crippen LogP contribution in [0.2, 0.25) is 0 Å². The molecule has 0 radical (unpaired) electrons. The predicted molar refractivity (Wildman–Crippen MR) is 57.9 cm³/mol. The van der Waals surface area contributed by atoms with Gasteiger partial charge >= 0.3 is 5.97 Å². The van der Waals surface area contributed by atoms with E-state index < -0.39 is 0 Å². The first-order valence-electron chi connectivity index (χ1n) is 5.31. The van der Waals surface area contributed by atoms with Gasteiger partial charge in [0.1, 0.15) is 6.73 Å². The molecule has 3 heteroatoms. The van der Waals surface area contributed by atoms with Crippen LogP contribution in [0.4, 0.5) is 0 Å². The lowest BCUT2D eigenvalue weighted by atomic mass is 10.1. The Morgan fingerprint density at radius 3 is 2.71 bits per heavy atom. The van der Waals surface area contributed by atoms with Crippen LogP contribution in [0.1, 0.15) is 39.0 Å². The first-order valence-corrected chi connectivity index (χ1v) is 5.31. The van der Waals surface area contributed by atoms with Gasteiger partial charge in [-0.05, 0) is 13.0 Å². The second-order valence-corrected chi connectivity index (χ2v) is 3.23. The highest BCUT2D eigenvalue weighted by molar-refractivity contribution is 5.81. The standard InChI is InChI=1S/C11H21NO2/c1-3-5-6-7-8-9-12-10-14-11(13)4-2/h4,12H,2-3,5-10H2,1H3. The second kappa shape index (κ2) is 10.3. The van der Waals surface area contributed by atoms with Crippen molar-refractivity contribution in [3.63, 3.8) is 0 Å². The fraction of sp³-hybridized carbons (Fsp3) is 0.727. The minimum Gasteiger partial charge on any atom is -0.447 e. The molecule has 3 nitrogen and oxygen atoms in total. The molecule has 0 aliphatic rings. The van der Waals surface area contributed by atoms with Crippen LogP contribution in [0.5, 0.6) is 0 Å². The molecule has 0 aliphatic heterocycles. The molecular formula is C11H21NO2. The van der Waals surface area contributed by atoms with E-state index in [9.17, 15) is 4.79 Å². The van der Waals surface area contributed by atoms with Crippen molar-refractivity contribution in [2.24, 2.45) is 0 Å². The van der Waals surface area contributed by atoms with E-state index in [-0.39, 0.29) is 5.97 Å². The van der Waals surface area contributed by atoms with Crippen molar-refractivity contribution in [2.45, 2.75) is 39.0 Å². The lowest BCUT2D eigenvalue weighted by molar-refractivity contribution is -0.138. The third-order valence-electron chi connectivity index (χ3n) is 1.94. The van der Waals surface area contributed by atoms with Gasteiger partial charge in [0, 0.05) is 6.08 Å². The largest absolute Gasteiger partial charge is 0.447 e. The maximum Gasteiger partial charge on any atom is 0.331 e. The van der Waals surface area contributed by atoms with Gasteiger partial charge in [-0.2, -0.15) is 0 Å². The summed E-state index contributed by atoms with van der Waals surface area (Å²) in [5, 5.41) is 3.04. The predicted octanol–water partition coefficient (Wildman–Crippen LogP) is 2.23. The molecular weight excluding hydrogens is 178 g/mol. The number of unbranched alkanes of at least 4 members (excludes halogenated alkanes) is 4. The Kier molecular flexibility index (Phi) is 9.64. The van der Waals surface area contributed by atoms with Crippen molar-refractivity contribution in [2.75, 3.05) is 13.3 Å². The van der Waals surface area contributed by atoms with Crippen molar-refractivity contribution < 1.29 is 9.53 Å². The normalized spacial score (nSPS) is 9.79. The van der Waals surface area contributed by atoms with E-state index in [0.717, 1.165) is 13.0 Å². The van der Waals surface area contributed by atoms with Crippen LogP contribution in [0.25, 0.3) is 0 Å². The fourth-order valence-corrected chi connectivity index (χ4v) is 1.11. The van der Waals surface area contributed by atoms with Crippen LogP contribution < -0.4 is 5.32 Å². The summed E-state index contributed by atoms with van der Waals surface area (Å²) in [6.45, 7) is 6.71. The Bertz CT molecular complexity index is 157. The van der Waals surface area contributed by atoms with Crippen molar-refractivity contribution in [3.8, 4) is 0 Å². The monoisotopic (exact) mass is 199 g/mol. The summed E-state index contributed by atoms with van der Waals surface area (Å²) in [4.78, 5) is 10.6. The Morgan fingerprint density at radius 2 is 2.07 bits per heavy atom. The minimum absolute atomic E-state index is 0.290. The highest BCUT2D eigenvalue weighted by Gasteiger charge is 1.93. The van der Waals surface area contributed by atoms with Gasteiger partial charge in [-0.1, -0.05) is 39.2 Å². The first-order chi connectivity index (χ1) is 6.81. The molecule has 0 saturated heterocycles. The molecule has 0 spiro atoms. The van der Waals surface area contributed by atoms with E-state index in [1.54, 1.807) is 0 Å². The van der Waals surface area contributed by atoms with Crippen LogP contribution >= 0.6 is 0 Å². The van der Waals surface area contributed by atoms with Gasteiger partial charge in [-0.3, -0.25) is 5.32 Å². The molecule has 0 heterocycles. The molecule has 82 valence electrons. The van der Waals surface area contributed by atoms with Gasteiger partial charge in [0.15, 0.2) is 0 Å². The molecule has 0 fully saturated rings. The maximum absolute atomic E-state index is 10.6. The number of nitrogens with one attached hydrogen (secondary N) is 1. The van der Waals surface area contributed by atoms with Crippen LogP contribution in [0.15, 0.2) is 12.7 Å². The van der Waals surface area contributed by atoms with E-state index in [0.29, 0.717) is 6.73 Å². The van der Waals surface area contributed by atoms with Gasteiger partial charge in [0.05, 0.1) is 0 Å². The molecule has 0 saturated carbocycles. The van der Waals surface area contributed by atoms with E-state index in [1.165, 1.54) is 31.8 Å². The third-order valence-corrected chi connectivity index (χ3v) is 1.94. The number of carbonyl (C=O) groups is 1. The Labute approximate surface area is 86.5 Å². The minimum atomic E-state index is -0.372. The summed E-state index contributed by atoms with van der Waals surface area (Å²) in [5.41, 5.74) is 0. The Balaban J connectivity index is 2.99. The number of esters is 1. The maximum atomic E-state index is 10.6. The van der Waals surface area contributed by atoms with Crippen LogP contribution in [-0.2, 0) is 9.53 Å². The van der Waals surface area contributed by atoms with Gasteiger partial charge in [0.2, 0.25) is 0 Å². The van der Waals surface area contributed by atoms with E-state index >= 15 is 0 Å². The summed E-state index contributed by atoms with van der Waals surface area (Å²) in [6.07, 6.45) is 7.44. The summed E-state index contributed by atoms with van der Waals surface area (Å²) < 4.78 is 4.75. The molecule has 0 aromatic carbocycles. The lowest BCUT2D eigenvalue weighted by Crippen LogP contribution is -2.21. The van der Waals surface area contributed by atoms with E-state index in [4.69, 9.17) is 4.74 Å². The van der Waals surface area contributed by atoms with Gasteiger partial charge in [-0.15, -0.1) is 0 Å².